The molecule has 0 unspecified atom stereocenters. The smallest absolute Gasteiger partial charge is 0.236 e. The Balaban J connectivity index is 1.60. The summed E-state index contributed by atoms with van der Waals surface area (Å²) in [5.41, 5.74) is 1.75. The summed E-state index contributed by atoms with van der Waals surface area (Å²) >= 11 is 1.59. The second kappa shape index (κ2) is 8.43. The van der Waals surface area contributed by atoms with E-state index in [-0.39, 0.29) is 5.82 Å². The molecule has 130 valence electrons. The largest absolute Gasteiger partial charge is 0.443 e. The third-order valence-electron chi connectivity index (χ3n) is 3.40. The van der Waals surface area contributed by atoms with Crippen molar-refractivity contribution in [1.29, 1.82) is 0 Å². The number of hydrogen-bond acceptors (Lipinski definition) is 4. The standard InChI is InChI=1S/C18H19FN4OS/c1-2-20-18(21-10-13-5-7-14(19)8-6-13)22-11-15-12-24-17(23-15)16-4-3-9-25-16/h3-9,12H,2,10-11H2,1H3,(H2,20,21,22). The number of aromatic nitrogens is 1. The molecule has 5 nitrogen and oxygen atoms in total. The molecule has 3 aromatic rings. The van der Waals surface area contributed by atoms with Gasteiger partial charge in [0.2, 0.25) is 5.89 Å². The molecular formula is C18H19FN4OS. The van der Waals surface area contributed by atoms with E-state index in [0.29, 0.717) is 24.9 Å². The lowest BCUT2D eigenvalue weighted by Gasteiger charge is -2.10. The van der Waals surface area contributed by atoms with Crippen LogP contribution in [0.1, 0.15) is 18.2 Å². The van der Waals surface area contributed by atoms with Crippen LogP contribution in [0.4, 0.5) is 4.39 Å². The molecule has 7 heteroatoms. The van der Waals surface area contributed by atoms with Gasteiger partial charge in [-0.3, -0.25) is 0 Å². The Labute approximate surface area is 149 Å². The zero-order chi connectivity index (χ0) is 17.5. The number of nitrogens with one attached hydrogen (secondary N) is 2. The first-order valence-electron chi connectivity index (χ1n) is 7.99. The van der Waals surface area contributed by atoms with Crippen LogP contribution < -0.4 is 10.6 Å². The second-order valence-electron chi connectivity index (χ2n) is 5.30. The van der Waals surface area contributed by atoms with Crippen molar-refractivity contribution < 1.29 is 8.81 Å². The molecule has 0 aliphatic heterocycles. The Morgan fingerprint density at radius 1 is 1.24 bits per heavy atom. The van der Waals surface area contributed by atoms with Crippen molar-refractivity contribution in [3.8, 4) is 10.8 Å². The number of aliphatic imine (C=N–C) groups is 1. The number of rotatable bonds is 6. The van der Waals surface area contributed by atoms with Crippen molar-refractivity contribution in [3.05, 3.63) is 65.1 Å². The van der Waals surface area contributed by atoms with E-state index in [2.05, 4.69) is 20.6 Å². The summed E-state index contributed by atoms with van der Waals surface area (Å²) in [4.78, 5) is 9.97. The molecule has 0 amide bonds. The fourth-order valence-corrected chi connectivity index (χ4v) is 2.83. The van der Waals surface area contributed by atoms with Crippen LogP contribution in [0, 0.1) is 5.82 Å². The van der Waals surface area contributed by atoms with E-state index in [4.69, 9.17) is 4.42 Å². The van der Waals surface area contributed by atoms with Crippen LogP contribution in [0.25, 0.3) is 10.8 Å². The summed E-state index contributed by atoms with van der Waals surface area (Å²) in [6.45, 7) is 3.72. The fourth-order valence-electron chi connectivity index (χ4n) is 2.18. The minimum Gasteiger partial charge on any atom is -0.443 e. The maximum Gasteiger partial charge on any atom is 0.236 e. The molecule has 0 atom stereocenters. The number of benzene rings is 1. The van der Waals surface area contributed by atoms with Crippen LogP contribution in [0.5, 0.6) is 0 Å². The average Bonchev–Trinajstić information content (AvgIpc) is 3.30. The van der Waals surface area contributed by atoms with Gasteiger partial charge in [0.15, 0.2) is 5.96 Å². The third-order valence-corrected chi connectivity index (χ3v) is 4.26. The van der Waals surface area contributed by atoms with Gasteiger partial charge in [0.05, 0.1) is 23.7 Å². The minimum atomic E-state index is -0.245. The molecule has 0 bridgehead atoms. The molecule has 0 radical (unpaired) electrons. The van der Waals surface area contributed by atoms with E-state index in [1.165, 1.54) is 12.1 Å². The Kier molecular flexibility index (Phi) is 5.79. The molecule has 3 rings (SSSR count). The maximum absolute atomic E-state index is 12.9. The zero-order valence-electron chi connectivity index (χ0n) is 13.8. The molecule has 1 aromatic carbocycles. The molecule has 2 heterocycles. The molecule has 0 saturated heterocycles. The van der Waals surface area contributed by atoms with E-state index in [1.54, 1.807) is 29.7 Å². The van der Waals surface area contributed by atoms with Crippen LogP contribution in [0.2, 0.25) is 0 Å². The van der Waals surface area contributed by atoms with Gasteiger partial charge in [-0.2, -0.15) is 0 Å². The second-order valence-corrected chi connectivity index (χ2v) is 6.24. The number of halogens is 1. The molecular weight excluding hydrogens is 339 g/mol. The quantitative estimate of drug-likeness (QED) is 0.520. The summed E-state index contributed by atoms with van der Waals surface area (Å²) < 4.78 is 18.4. The van der Waals surface area contributed by atoms with Crippen molar-refractivity contribution in [2.24, 2.45) is 4.99 Å². The van der Waals surface area contributed by atoms with Crippen molar-refractivity contribution >= 4 is 17.3 Å². The van der Waals surface area contributed by atoms with Crippen LogP contribution in [0.3, 0.4) is 0 Å². The summed E-state index contributed by atoms with van der Waals surface area (Å²) in [7, 11) is 0. The van der Waals surface area contributed by atoms with Gasteiger partial charge in [-0.1, -0.05) is 18.2 Å². The van der Waals surface area contributed by atoms with Crippen LogP contribution >= 0.6 is 11.3 Å². The van der Waals surface area contributed by atoms with E-state index in [1.807, 2.05) is 24.4 Å². The topological polar surface area (TPSA) is 62.5 Å². The molecule has 2 aromatic heterocycles. The highest BCUT2D eigenvalue weighted by molar-refractivity contribution is 7.13. The first kappa shape index (κ1) is 17.2. The first-order chi connectivity index (χ1) is 12.2. The number of thiophene rings is 1. The Morgan fingerprint density at radius 2 is 2.08 bits per heavy atom. The Bertz CT molecular complexity index is 812. The normalized spacial score (nSPS) is 11.5. The lowest BCUT2D eigenvalue weighted by atomic mass is 10.2. The van der Waals surface area contributed by atoms with Crippen LogP contribution in [-0.4, -0.2) is 17.5 Å². The zero-order valence-corrected chi connectivity index (χ0v) is 14.6. The highest BCUT2D eigenvalue weighted by Crippen LogP contribution is 2.23. The lowest BCUT2D eigenvalue weighted by Crippen LogP contribution is -2.36. The summed E-state index contributed by atoms with van der Waals surface area (Å²) in [6.07, 6.45) is 1.64. The minimum absolute atomic E-state index is 0.245. The maximum atomic E-state index is 12.9. The predicted molar refractivity (Wildman–Crippen MR) is 97.9 cm³/mol. The molecule has 0 fully saturated rings. The van der Waals surface area contributed by atoms with Gasteiger partial charge in [-0.05, 0) is 36.1 Å². The van der Waals surface area contributed by atoms with Gasteiger partial charge in [0.1, 0.15) is 12.1 Å². The highest BCUT2D eigenvalue weighted by atomic mass is 32.1. The first-order valence-corrected chi connectivity index (χ1v) is 8.87. The average molecular weight is 358 g/mol. The van der Waals surface area contributed by atoms with Gasteiger partial charge < -0.3 is 15.1 Å². The molecule has 25 heavy (non-hydrogen) atoms. The van der Waals surface area contributed by atoms with Gasteiger partial charge in [0, 0.05) is 6.54 Å². The highest BCUT2D eigenvalue weighted by Gasteiger charge is 2.08. The van der Waals surface area contributed by atoms with Crippen LogP contribution in [-0.2, 0) is 13.1 Å². The fraction of sp³-hybridized carbons (Fsp3) is 0.222. The van der Waals surface area contributed by atoms with E-state index in [9.17, 15) is 4.39 Å². The SMILES string of the molecule is CCNC(=NCc1ccc(F)cc1)NCc1coc(-c2cccs2)n1. The monoisotopic (exact) mass is 358 g/mol. The molecule has 0 aliphatic rings. The molecule has 0 aliphatic carbocycles. The van der Waals surface area contributed by atoms with E-state index >= 15 is 0 Å². The summed E-state index contributed by atoms with van der Waals surface area (Å²) in [5, 5.41) is 8.39. The summed E-state index contributed by atoms with van der Waals surface area (Å²) in [5.74, 6) is 1.05. The van der Waals surface area contributed by atoms with Crippen molar-refractivity contribution in [1.82, 2.24) is 15.6 Å². The number of oxazole rings is 1. The number of guanidine groups is 1. The van der Waals surface area contributed by atoms with Gasteiger partial charge in [-0.15, -0.1) is 11.3 Å². The van der Waals surface area contributed by atoms with E-state index in [0.717, 1.165) is 22.7 Å². The lowest BCUT2D eigenvalue weighted by molar-refractivity contribution is 0.573. The van der Waals surface area contributed by atoms with Crippen LogP contribution in [0.15, 0.2) is 57.5 Å². The summed E-state index contributed by atoms with van der Waals surface area (Å²) in [6, 6.07) is 10.3. The third kappa shape index (κ3) is 4.90. The number of hydrogen-bond donors (Lipinski definition) is 2. The van der Waals surface area contributed by atoms with Crippen molar-refractivity contribution in [3.63, 3.8) is 0 Å². The Morgan fingerprint density at radius 3 is 2.80 bits per heavy atom. The van der Waals surface area contributed by atoms with Gasteiger partial charge in [-0.25, -0.2) is 14.4 Å². The van der Waals surface area contributed by atoms with Gasteiger partial charge >= 0.3 is 0 Å². The Hall–Kier alpha value is -2.67. The molecule has 0 spiro atoms. The predicted octanol–water partition coefficient (Wildman–Crippen LogP) is 3.80. The van der Waals surface area contributed by atoms with Crippen molar-refractivity contribution in [2.45, 2.75) is 20.0 Å². The van der Waals surface area contributed by atoms with E-state index < -0.39 is 0 Å². The number of nitrogens with zero attached hydrogens (tertiary/aromatic N) is 2. The van der Waals surface area contributed by atoms with Gasteiger partial charge in [0.25, 0.3) is 0 Å². The van der Waals surface area contributed by atoms with Crippen molar-refractivity contribution in [2.75, 3.05) is 6.54 Å². The molecule has 2 N–H and O–H groups in total. The molecule has 0 saturated carbocycles.